The second-order valence-electron chi connectivity index (χ2n) is 4.83. The minimum atomic E-state index is -3.62. The summed E-state index contributed by atoms with van der Waals surface area (Å²) in [5.41, 5.74) is -0.601. The zero-order valence-corrected chi connectivity index (χ0v) is 11.5. The first-order valence-corrected chi connectivity index (χ1v) is 7.16. The molecular formula is C11H16N2O5S. The molecule has 7 nitrogen and oxygen atoms in total. The van der Waals surface area contributed by atoms with Gasteiger partial charge in [0, 0.05) is 12.1 Å². The highest BCUT2D eigenvalue weighted by Crippen LogP contribution is 2.14. The zero-order chi connectivity index (χ0) is 14.7. The van der Waals surface area contributed by atoms with Crippen molar-refractivity contribution in [3.63, 3.8) is 0 Å². The smallest absolute Gasteiger partial charge is 0.269 e. The van der Waals surface area contributed by atoms with Crippen molar-refractivity contribution in [1.29, 1.82) is 0 Å². The molecule has 0 aliphatic rings. The fourth-order valence-corrected chi connectivity index (χ4v) is 3.03. The number of sulfonamides is 1. The third-order valence-electron chi connectivity index (χ3n) is 2.33. The van der Waals surface area contributed by atoms with Crippen LogP contribution in [0, 0.1) is 10.1 Å². The van der Waals surface area contributed by atoms with Gasteiger partial charge in [-0.1, -0.05) is 12.1 Å². The average molecular weight is 288 g/mol. The third kappa shape index (κ3) is 4.93. The molecule has 106 valence electrons. The Morgan fingerprint density at radius 3 is 2.26 bits per heavy atom. The molecular weight excluding hydrogens is 272 g/mol. The van der Waals surface area contributed by atoms with Crippen molar-refractivity contribution in [2.24, 2.45) is 0 Å². The standard InChI is InChI=1S/C11H16N2O5S/c1-11(2,8-14)12-19(17,18)7-9-3-5-10(6-4-9)13(15)16/h3-6,12,14H,7-8H2,1-2H3. The highest BCUT2D eigenvalue weighted by Gasteiger charge is 2.24. The molecule has 1 aromatic rings. The Labute approximate surface area is 111 Å². The highest BCUT2D eigenvalue weighted by molar-refractivity contribution is 7.88. The molecule has 0 spiro atoms. The van der Waals surface area contributed by atoms with Gasteiger partial charge in [0.05, 0.1) is 22.8 Å². The van der Waals surface area contributed by atoms with Gasteiger partial charge in [-0.3, -0.25) is 10.1 Å². The van der Waals surface area contributed by atoms with Gasteiger partial charge in [-0.25, -0.2) is 13.1 Å². The van der Waals surface area contributed by atoms with E-state index in [4.69, 9.17) is 5.11 Å². The summed E-state index contributed by atoms with van der Waals surface area (Å²) >= 11 is 0. The molecule has 8 heteroatoms. The lowest BCUT2D eigenvalue weighted by atomic mass is 10.1. The molecule has 0 aliphatic carbocycles. The van der Waals surface area contributed by atoms with E-state index in [1.54, 1.807) is 13.8 Å². The second kappa shape index (κ2) is 5.64. The van der Waals surface area contributed by atoms with Gasteiger partial charge in [-0.2, -0.15) is 0 Å². The quantitative estimate of drug-likeness (QED) is 0.594. The summed E-state index contributed by atoms with van der Waals surface area (Å²) in [6.45, 7) is 2.78. The fraction of sp³-hybridized carbons (Fsp3) is 0.455. The number of rotatable bonds is 6. The monoisotopic (exact) mass is 288 g/mol. The fourth-order valence-electron chi connectivity index (χ4n) is 1.42. The largest absolute Gasteiger partial charge is 0.394 e. The lowest BCUT2D eigenvalue weighted by molar-refractivity contribution is -0.384. The van der Waals surface area contributed by atoms with Crippen LogP contribution in [0.5, 0.6) is 0 Å². The van der Waals surface area contributed by atoms with Crippen molar-refractivity contribution in [1.82, 2.24) is 4.72 Å². The minimum absolute atomic E-state index is 0.0928. The lowest BCUT2D eigenvalue weighted by Crippen LogP contribution is -2.46. The molecule has 0 saturated carbocycles. The minimum Gasteiger partial charge on any atom is -0.394 e. The summed E-state index contributed by atoms with van der Waals surface area (Å²) in [6, 6.07) is 5.29. The summed E-state index contributed by atoms with van der Waals surface area (Å²) in [6.07, 6.45) is 0. The summed E-state index contributed by atoms with van der Waals surface area (Å²) in [7, 11) is -3.62. The molecule has 1 rings (SSSR count). The van der Waals surface area contributed by atoms with Crippen LogP contribution in [0.1, 0.15) is 19.4 Å². The molecule has 1 aromatic carbocycles. The van der Waals surface area contributed by atoms with Crippen molar-refractivity contribution >= 4 is 15.7 Å². The van der Waals surface area contributed by atoms with E-state index in [9.17, 15) is 18.5 Å². The van der Waals surface area contributed by atoms with Crippen LogP contribution >= 0.6 is 0 Å². The van der Waals surface area contributed by atoms with E-state index in [1.165, 1.54) is 24.3 Å². The Hall–Kier alpha value is -1.51. The van der Waals surface area contributed by atoms with Gasteiger partial charge < -0.3 is 5.11 Å². The topological polar surface area (TPSA) is 110 Å². The Balaban J connectivity index is 2.81. The summed E-state index contributed by atoms with van der Waals surface area (Å²) in [5, 5.41) is 19.5. The molecule has 0 aromatic heterocycles. The Bertz CT molecular complexity index is 551. The number of nitrogens with zero attached hydrogens (tertiary/aromatic N) is 1. The number of nitro groups is 1. The van der Waals surface area contributed by atoms with Gasteiger partial charge in [0.1, 0.15) is 0 Å². The molecule has 0 heterocycles. The summed E-state index contributed by atoms with van der Waals surface area (Å²) in [4.78, 5) is 9.92. The van der Waals surface area contributed by atoms with Gasteiger partial charge in [0.15, 0.2) is 0 Å². The first-order valence-electron chi connectivity index (χ1n) is 5.51. The predicted molar refractivity (Wildman–Crippen MR) is 70.0 cm³/mol. The maximum absolute atomic E-state index is 11.8. The van der Waals surface area contributed by atoms with E-state index < -0.39 is 20.5 Å². The first-order chi connectivity index (χ1) is 8.65. The number of benzene rings is 1. The molecule has 0 saturated heterocycles. The van der Waals surface area contributed by atoms with Crippen molar-refractivity contribution in [3.05, 3.63) is 39.9 Å². The number of hydrogen-bond donors (Lipinski definition) is 2. The number of aliphatic hydroxyl groups is 1. The Morgan fingerprint density at radius 1 is 1.32 bits per heavy atom. The molecule has 0 atom stereocenters. The van der Waals surface area contributed by atoms with Crippen LogP contribution in [0.2, 0.25) is 0 Å². The van der Waals surface area contributed by atoms with Gasteiger partial charge in [-0.15, -0.1) is 0 Å². The number of nitro benzene ring substituents is 1. The van der Waals surface area contributed by atoms with Crippen molar-refractivity contribution in [3.8, 4) is 0 Å². The van der Waals surface area contributed by atoms with E-state index in [2.05, 4.69) is 4.72 Å². The van der Waals surface area contributed by atoms with E-state index >= 15 is 0 Å². The molecule has 0 fully saturated rings. The summed E-state index contributed by atoms with van der Waals surface area (Å²) in [5.74, 6) is -0.297. The Morgan fingerprint density at radius 2 is 1.84 bits per heavy atom. The molecule has 19 heavy (non-hydrogen) atoms. The van der Waals surface area contributed by atoms with Crippen molar-refractivity contribution < 1.29 is 18.4 Å². The molecule has 0 bridgehead atoms. The number of hydrogen-bond acceptors (Lipinski definition) is 5. The molecule has 0 aliphatic heterocycles. The predicted octanol–water partition coefficient (Wildman–Crippen LogP) is 0.785. The van der Waals surface area contributed by atoms with Gasteiger partial charge in [0.2, 0.25) is 10.0 Å². The van der Waals surface area contributed by atoms with E-state index in [0.29, 0.717) is 5.56 Å². The van der Waals surface area contributed by atoms with Crippen LogP contribution in [0.4, 0.5) is 5.69 Å². The van der Waals surface area contributed by atoms with Crippen LogP contribution in [-0.2, 0) is 15.8 Å². The number of aliphatic hydroxyl groups excluding tert-OH is 1. The maximum atomic E-state index is 11.8. The van der Waals surface area contributed by atoms with Gasteiger partial charge in [0.25, 0.3) is 5.69 Å². The highest BCUT2D eigenvalue weighted by atomic mass is 32.2. The van der Waals surface area contributed by atoms with E-state index in [1.807, 2.05) is 0 Å². The van der Waals surface area contributed by atoms with Crippen LogP contribution < -0.4 is 4.72 Å². The SMILES string of the molecule is CC(C)(CO)NS(=O)(=O)Cc1ccc([N+](=O)[O-])cc1. The number of non-ortho nitro benzene ring substituents is 1. The zero-order valence-electron chi connectivity index (χ0n) is 10.7. The molecule has 0 unspecified atom stereocenters. The van der Waals surface area contributed by atoms with Crippen LogP contribution in [0.3, 0.4) is 0 Å². The van der Waals surface area contributed by atoms with Gasteiger partial charge >= 0.3 is 0 Å². The van der Waals surface area contributed by atoms with E-state index in [0.717, 1.165) is 0 Å². The van der Waals surface area contributed by atoms with Gasteiger partial charge in [-0.05, 0) is 19.4 Å². The third-order valence-corrected chi connectivity index (χ3v) is 3.91. The maximum Gasteiger partial charge on any atom is 0.269 e. The van der Waals surface area contributed by atoms with Crippen molar-refractivity contribution in [2.75, 3.05) is 6.61 Å². The van der Waals surface area contributed by atoms with E-state index in [-0.39, 0.29) is 18.0 Å². The second-order valence-corrected chi connectivity index (χ2v) is 6.55. The summed E-state index contributed by atoms with van der Waals surface area (Å²) < 4.78 is 26.0. The molecule has 0 amide bonds. The molecule has 0 radical (unpaired) electrons. The lowest BCUT2D eigenvalue weighted by Gasteiger charge is -2.23. The van der Waals surface area contributed by atoms with Crippen LogP contribution in [0.15, 0.2) is 24.3 Å². The van der Waals surface area contributed by atoms with Crippen LogP contribution in [0.25, 0.3) is 0 Å². The Kier molecular flexibility index (Phi) is 4.61. The first kappa shape index (κ1) is 15.5. The number of nitrogens with one attached hydrogen (secondary N) is 1. The van der Waals surface area contributed by atoms with Crippen LogP contribution in [-0.4, -0.2) is 30.6 Å². The molecule has 2 N–H and O–H groups in total. The normalized spacial score (nSPS) is 12.4. The average Bonchev–Trinajstić information content (AvgIpc) is 2.27. The van der Waals surface area contributed by atoms with Crippen molar-refractivity contribution in [2.45, 2.75) is 25.1 Å².